The van der Waals surface area contributed by atoms with Gasteiger partial charge in [-0.2, -0.15) is 5.10 Å². The minimum absolute atomic E-state index is 0.228. The summed E-state index contributed by atoms with van der Waals surface area (Å²) in [5.41, 5.74) is 4.43. The highest BCUT2D eigenvalue weighted by molar-refractivity contribution is 5.79. The highest BCUT2D eigenvalue weighted by atomic mass is 16.2. The van der Waals surface area contributed by atoms with E-state index >= 15 is 0 Å². The average Bonchev–Trinajstić information content (AvgIpc) is 3.27. The maximum absolute atomic E-state index is 12.6. The number of para-hydroxylation sites is 1. The van der Waals surface area contributed by atoms with Crippen LogP contribution in [0.15, 0.2) is 30.6 Å². The molecule has 0 bridgehead atoms. The van der Waals surface area contributed by atoms with Crippen LogP contribution in [0.1, 0.15) is 42.1 Å². The molecule has 136 valence electrons. The minimum atomic E-state index is 0.228. The molecular formula is C20H25N5O. The van der Waals surface area contributed by atoms with E-state index in [1.54, 1.807) is 4.68 Å². The van der Waals surface area contributed by atoms with Crippen LogP contribution in [0, 0.1) is 6.92 Å². The predicted molar refractivity (Wildman–Crippen MR) is 101 cm³/mol. The molecule has 1 unspecified atom stereocenters. The Balaban J connectivity index is 1.42. The van der Waals surface area contributed by atoms with Gasteiger partial charge in [-0.05, 0) is 43.4 Å². The molecule has 1 aliphatic heterocycles. The summed E-state index contributed by atoms with van der Waals surface area (Å²) in [4.78, 5) is 22.9. The monoisotopic (exact) mass is 351 g/mol. The van der Waals surface area contributed by atoms with Gasteiger partial charge in [0.15, 0.2) is 0 Å². The van der Waals surface area contributed by atoms with Gasteiger partial charge in [-0.3, -0.25) is 9.48 Å². The lowest BCUT2D eigenvalue weighted by molar-refractivity contribution is -0.132. The number of amides is 1. The second-order valence-electron chi connectivity index (χ2n) is 7.29. The molecule has 1 aliphatic rings. The van der Waals surface area contributed by atoms with Gasteiger partial charge in [0.1, 0.15) is 5.82 Å². The SMILES string of the molecule is Cc1cccc2[nH]c(C3CCCN(C(=O)CCc4cnn(C)c4)C3)nc12. The molecule has 0 radical (unpaired) electrons. The van der Waals surface area contributed by atoms with Crippen molar-refractivity contribution in [2.45, 2.75) is 38.5 Å². The minimum Gasteiger partial charge on any atom is -0.342 e. The van der Waals surface area contributed by atoms with Gasteiger partial charge in [0.05, 0.1) is 17.2 Å². The van der Waals surface area contributed by atoms with Gasteiger partial charge in [0, 0.05) is 38.7 Å². The number of aromatic nitrogens is 4. The molecule has 26 heavy (non-hydrogen) atoms. The number of nitrogens with zero attached hydrogens (tertiary/aromatic N) is 4. The second kappa shape index (κ2) is 6.94. The zero-order chi connectivity index (χ0) is 18.1. The quantitative estimate of drug-likeness (QED) is 0.786. The molecule has 0 spiro atoms. The van der Waals surface area contributed by atoms with Crippen LogP contribution in [-0.4, -0.2) is 43.6 Å². The first-order valence-electron chi connectivity index (χ1n) is 9.30. The van der Waals surface area contributed by atoms with Crippen molar-refractivity contribution in [1.82, 2.24) is 24.6 Å². The summed E-state index contributed by atoms with van der Waals surface area (Å²) in [6.45, 7) is 3.69. The summed E-state index contributed by atoms with van der Waals surface area (Å²) in [5.74, 6) is 1.53. The fraction of sp³-hybridized carbons (Fsp3) is 0.450. The molecule has 1 N–H and O–H groups in total. The third-order valence-electron chi connectivity index (χ3n) is 5.28. The number of H-pyrrole nitrogens is 1. The number of aromatic amines is 1. The third-order valence-corrected chi connectivity index (χ3v) is 5.28. The summed E-state index contributed by atoms with van der Waals surface area (Å²) in [7, 11) is 1.90. The van der Waals surface area contributed by atoms with Gasteiger partial charge < -0.3 is 9.88 Å². The number of hydrogen-bond donors (Lipinski definition) is 1. The van der Waals surface area contributed by atoms with E-state index in [1.807, 2.05) is 24.3 Å². The Bertz CT molecular complexity index is 925. The number of likely N-dealkylation sites (tertiary alicyclic amines) is 1. The second-order valence-corrected chi connectivity index (χ2v) is 7.29. The fourth-order valence-corrected chi connectivity index (χ4v) is 3.83. The van der Waals surface area contributed by atoms with Gasteiger partial charge >= 0.3 is 0 Å². The summed E-state index contributed by atoms with van der Waals surface area (Å²) in [6, 6.07) is 6.20. The van der Waals surface area contributed by atoms with Crippen LogP contribution < -0.4 is 0 Å². The zero-order valence-corrected chi connectivity index (χ0v) is 15.4. The maximum Gasteiger partial charge on any atom is 0.222 e. The van der Waals surface area contributed by atoms with E-state index in [2.05, 4.69) is 35.2 Å². The number of piperidine rings is 1. The van der Waals surface area contributed by atoms with E-state index in [4.69, 9.17) is 4.98 Å². The Hall–Kier alpha value is -2.63. The van der Waals surface area contributed by atoms with Crippen molar-refractivity contribution in [2.75, 3.05) is 13.1 Å². The summed E-state index contributed by atoms with van der Waals surface area (Å²) >= 11 is 0. The maximum atomic E-state index is 12.6. The molecule has 1 atom stereocenters. The topological polar surface area (TPSA) is 66.8 Å². The van der Waals surface area contributed by atoms with Gasteiger partial charge in [-0.1, -0.05) is 12.1 Å². The molecule has 6 heteroatoms. The van der Waals surface area contributed by atoms with E-state index in [0.29, 0.717) is 6.42 Å². The van der Waals surface area contributed by atoms with Crippen molar-refractivity contribution in [3.63, 3.8) is 0 Å². The van der Waals surface area contributed by atoms with Crippen molar-refractivity contribution in [1.29, 1.82) is 0 Å². The Morgan fingerprint density at radius 2 is 2.27 bits per heavy atom. The normalized spacial score (nSPS) is 17.8. The van der Waals surface area contributed by atoms with E-state index in [1.165, 1.54) is 5.56 Å². The van der Waals surface area contributed by atoms with Crippen molar-refractivity contribution in [3.8, 4) is 0 Å². The first-order valence-corrected chi connectivity index (χ1v) is 9.30. The van der Waals surface area contributed by atoms with Gasteiger partial charge in [-0.15, -0.1) is 0 Å². The third kappa shape index (κ3) is 3.36. The smallest absolute Gasteiger partial charge is 0.222 e. The number of nitrogens with one attached hydrogen (secondary N) is 1. The molecule has 1 amide bonds. The van der Waals surface area contributed by atoms with Crippen LogP contribution in [0.2, 0.25) is 0 Å². The molecule has 1 saturated heterocycles. The Morgan fingerprint density at radius 3 is 3.04 bits per heavy atom. The number of aryl methyl sites for hydroxylation is 3. The van der Waals surface area contributed by atoms with Gasteiger partial charge in [0.2, 0.25) is 5.91 Å². The van der Waals surface area contributed by atoms with E-state index in [0.717, 1.165) is 54.8 Å². The van der Waals surface area contributed by atoms with E-state index < -0.39 is 0 Å². The van der Waals surface area contributed by atoms with Crippen LogP contribution in [0.5, 0.6) is 0 Å². The molecule has 2 aromatic heterocycles. The first kappa shape index (κ1) is 16.8. The molecule has 3 aromatic rings. The number of benzene rings is 1. The molecule has 1 aromatic carbocycles. The molecule has 1 fully saturated rings. The van der Waals surface area contributed by atoms with E-state index in [-0.39, 0.29) is 11.8 Å². The molecule has 0 aliphatic carbocycles. The number of rotatable bonds is 4. The lowest BCUT2D eigenvalue weighted by atomic mass is 9.97. The predicted octanol–water partition coefficient (Wildman–Crippen LogP) is 2.94. The van der Waals surface area contributed by atoms with Crippen molar-refractivity contribution < 1.29 is 4.79 Å². The number of carbonyl (C=O) groups is 1. The number of carbonyl (C=O) groups excluding carboxylic acids is 1. The van der Waals surface area contributed by atoms with Crippen LogP contribution in [0.4, 0.5) is 0 Å². The molecule has 6 nitrogen and oxygen atoms in total. The zero-order valence-electron chi connectivity index (χ0n) is 15.4. The number of fused-ring (bicyclic) bond motifs is 1. The lowest BCUT2D eigenvalue weighted by Gasteiger charge is -2.32. The largest absolute Gasteiger partial charge is 0.342 e. The summed E-state index contributed by atoms with van der Waals surface area (Å²) in [6.07, 6.45) is 7.20. The Labute approximate surface area is 153 Å². The van der Waals surface area contributed by atoms with Crippen LogP contribution in [0.25, 0.3) is 11.0 Å². The molecule has 3 heterocycles. The molecular weight excluding hydrogens is 326 g/mol. The fourth-order valence-electron chi connectivity index (χ4n) is 3.83. The Morgan fingerprint density at radius 1 is 1.38 bits per heavy atom. The number of hydrogen-bond acceptors (Lipinski definition) is 3. The van der Waals surface area contributed by atoms with Gasteiger partial charge in [0.25, 0.3) is 0 Å². The average molecular weight is 351 g/mol. The van der Waals surface area contributed by atoms with Crippen molar-refractivity contribution >= 4 is 16.9 Å². The van der Waals surface area contributed by atoms with Gasteiger partial charge in [-0.25, -0.2) is 4.98 Å². The summed E-state index contributed by atoms with van der Waals surface area (Å²) in [5, 5.41) is 4.17. The highest BCUT2D eigenvalue weighted by Gasteiger charge is 2.26. The summed E-state index contributed by atoms with van der Waals surface area (Å²) < 4.78 is 1.78. The van der Waals surface area contributed by atoms with Crippen molar-refractivity contribution in [2.24, 2.45) is 7.05 Å². The van der Waals surface area contributed by atoms with Crippen LogP contribution in [0.3, 0.4) is 0 Å². The van der Waals surface area contributed by atoms with Crippen LogP contribution >= 0.6 is 0 Å². The molecule has 0 saturated carbocycles. The highest BCUT2D eigenvalue weighted by Crippen LogP contribution is 2.28. The van der Waals surface area contributed by atoms with E-state index in [9.17, 15) is 4.79 Å². The standard InChI is InChI=1S/C20H25N5O/c1-14-5-3-7-17-19(14)23-20(22-17)16-6-4-10-25(13-16)18(26)9-8-15-11-21-24(2)12-15/h3,5,7,11-12,16H,4,6,8-10,13H2,1-2H3,(H,22,23). The lowest BCUT2D eigenvalue weighted by Crippen LogP contribution is -2.39. The Kier molecular flexibility index (Phi) is 4.49. The first-order chi connectivity index (χ1) is 12.6. The number of imidazole rings is 1. The van der Waals surface area contributed by atoms with Crippen molar-refractivity contribution in [3.05, 3.63) is 47.5 Å². The molecule has 4 rings (SSSR count). The van der Waals surface area contributed by atoms with Crippen LogP contribution in [-0.2, 0) is 18.3 Å².